The molecule has 0 atom stereocenters. The van der Waals surface area contributed by atoms with Gasteiger partial charge in [-0.1, -0.05) is 0 Å². The number of carboxylic acid groups (broad SMARTS) is 1. The van der Waals surface area contributed by atoms with Crippen LogP contribution in [0.4, 0.5) is 8.78 Å². The van der Waals surface area contributed by atoms with Gasteiger partial charge < -0.3 is 15.2 Å². The van der Waals surface area contributed by atoms with Gasteiger partial charge in [-0.05, 0) is 25.0 Å². The van der Waals surface area contributed by atoms with Crippen LogP contribution in [0.15, 0.2) is 12.1 Å². The van der Waals surface area contributed by atoms with Gasteiger partial charge in [-0.25, -0.2) is 13.6 Å². The molecule has 0 radical (unpaired) electrons. The maximum Gasteiger partial charge on any atom is 0.335 e. The zero-order valence-corrected chi connectivity index (χ0v) is 10.5. The normalized spacial score (nSPS) is 13.9. The molecule has 0 saturated heterocycles. The number of carbonyl (C=O) groups is 2. The van der Waals surface area contributed by atoms with Crippen LogP contribution in [0, 0.1) is 11.6 Å². The number of halogens is 2. The van der Waals surface area contributed by atoms with E-state index in [1.807, 2.05) is 0 Å². The highest BCUT2D eigenvalue weighted by Crippen LogP contribution is 2.23. The molecule has 1 aromatic carbocycles. The van der Waals surface area contributed by atoms with Crippen LogP contribution in [0.2, 0.25) is 0 Å². The number of hydrogen-bond donors (Lipinski definition) is 2. The minimum Gasteiger partial charge on any atom is -0.487 e. The Balaban J connectivity index is 1.91. The topological polar surface area (TPSA) is 75.6 Å². The number of nitrogens with one attached hydrogen (secondary N) is 1. The minimum atomic E-state index is -1.43. The number of aromatic carboxylic acids is 1. The lowest BCUT2D eigenvalue weighted by molar-refractivity contribution is -0.121. The average Bonchev–Trinajstić information content (AvgIpc) is 3.16. The van der Waals surface area contributed by atoms with Crippen molar-refractivity contribution in [3.05, 3.63) is 29.3 Å². The summed E-state index contributed by atoms with van der Waals surface area (Å²) in [5.74, 6) is -4.56. The first kappa shape index (κ1) is 14.2. The van der Waals surface area contributed by atoms with E-state index in [1.165, 1.54) is 0 Å². The van der Waals surface area contributed by atoms with Gasteiger partial charge in [-0.3, -0.25) is 4.79 Å². The molecule has 7 heteroatoms. The Morgan fingerprint density at radius 1 is 1.30 bits per heavy atom. The molecule has 1 aromatic rings. The highest BCUT2D eigenvalue weighted by molar-refractivity contribution is 5.87. The fourth-order valence-electron chi connectivity index (χ4n) is 1.59. The van der Waals surface area contributed by atoms with E-state index in [0.29, 0.717) is 12.1 Å². The molecule has 1 aliphatic rings. The molecule has 1 saturated carbocycles. The quantitative estimate of drug-likeness (QED) is 0.834. The monoisotopic (exact) mass is 285 g/mol. The highest BCUT2D eigenvalue weighted by Gasteiger charge is 2.23. The molecule has 2 N–H and O–H groups in total. The van der Waals surface area contributed by atoms with Gasteiger partial charge >= 0.3 is 5.97 Å². The molecule has 0 bridgehead atoms. The van der Waals surface area contributed by atoms with Crippen molar-refractivity contribution in [2.24, 2.45) is 0 Å². The molecule has 1 amide bonds. The SMILES string of the molecule is O=C(CCOc1c(F)cc(C(=O)O)cc1F)NC1CC1. The van der Waals surface area contributed by atoms with Gasteiger partial charge in [-0.2, -0.15) is 0 Å². The van der Waals surface area contributed by atoms with Crippen molar-refractivity contribution >= 4 is 11.9 Å². The first-order valence-electron chi connectivity index (χ1n) is 6.12. The van der Waals surface area contributed by atoms with Gasteiger partial charge in [0.25, 0.3) is 0 Å². The Morgan fingerprint density at radius 3 is 2.40 bits per heavy atom. The number of carbonyl (C=O) groups excluding carboxylic acids is 1. The first-order chi connectivity index (χ1) is 9.47. The Kier molecular flexibility index (Phi) is 4.16. The van der Waals surface area contributed by atoms with Gasteiger partial charge in [-0.15, -0.1) is 0 Å². The summed E-state index contributed by atoms with van der Waals surface area (Å²) in [6.45, 7) is -0.182. The number of rotatable bonds is 6. The van der Waals surface area contributed by atoms with Crippen LogP contribution in [0.1, 0.15) is 29.6 Å². The maximum atomic E-state index is 13.5. The summed E-state index contributed by atoms with van der Waals surface area (Å²) >= 11 is 0. The molecular formula is C13H13F2NO4. The lowest BCUT2D eigenvalue weighted by Gasteiger charge is -2.09. The Labute approximate surface area is 113 Å². The summed E-state index contributed by atoms with van der Waals surface area (Å²) < 4.78 is 31.8. The van der Waals surface area contributed by atoms with Crippen LogP contribution >= 0.6 is 0 Å². The molecule has 20 heavy (non-hydrogen) atoms. The second-order valence-electron chi connectivity index (χ2n) is 4.51. The smallest absolute Gasteiger partial charge is 0.335 e. The average molecular weight is 285 g/mol. The number of carboxylic acids is 1. The van der Waals surface area contributed by atoms with Crippen LogP contribution < -0.4 is 10.1 Å². The molecule has 1 fully saturated rings. The van der Waals surface area contributed by atoms with Crippen molar-refractivity contribution < 1.29 is 28.2 Å². The van der Waals surface area contributed by atoms with E-state index in [2.05, 4.69) is 5.32 Å². The third-order valence-electron chi connectivity index (χ3n) is 2.76. The van der Waals surface area contributed by atoms with Crippen LogP contribution in [-0.4, -0.2) is 29.6 Å². The molecule has 0 heterocycles. The maximum absolute atomic E-state index is 13.5. The highest BCUT2D eigenvalue weighted by atomic mass is 19.1. The van der Waals surface area contributed by atoms with Gasteiger partial charge in [0.05, 0.1) is 18.6 Å². The second kappa shape index (κ2) is 5.85. The zero-order valence-electron chi connectivity index (χ0n) is 10.5. The summed E-state index contributed by atoms with van der Waals surface area (Å²) in [4.78, 5) is 21.9. The van der Waals surface area contributed by atoms with Crippen LogP contribution in [0.25, 0.3) is 0 Å². The summed E-state index contributed by atoms with van der Waals surface area (Å²) in [5.41, 5.74) is -0.501. The van der Waals surface area contributed by atoms with Crippen molar-refractivity contribution in [1.29, 1.82) is 0 Å². The van der Waals surface area contributed by atoms with E-state index < -0.39 is 28.9 Å². The Bertz CT molecular complexity index is 520. The first-order valence-corrected chi connectivity index (χ1v) is 6.12. The molecule has 2 rings (SSSR count). The molecule has 0 aliphatic heterocycles. The predicted octanol–water partition coefficient (Wildman–Crippen LogP) is 1.71. The van der Waals surface area contributed by atoms with Crippen LogP contribution in [0.3, 0.4) is 0 Å². The number of ether oxygens (including phenoxy) is 1. The third-order valence-corrected chi connectivity index (χ3v) is 2.76. The fraction of sp³-hybridized carbons (Fsp3) is 0.385. The third kappa shape index (κ3) is 3.66. The van der Waals surface area contributed by atoms with Gasteiger partial charge in [0.2, 0.25) is 5.91 Å². The lowest BCUT2D eigenvalue weighted by atomic mass is 10.2. The Morgan fingerprint density at radius 2 is 1.90 bits per heavy atom. The molecule has 0 spiro atoms. The minimum absolute atomic E-state index is 0.0178. The van der Waals surface area contributed by atoms with E-state index in [0.717, 1.165) is 12.8 Å². The van der Waals surface area contributed by atoms with Crippen molar-refractivity contribution in [1.82, 2.24) is 5.32 Å². The molecule has 5 nitrogen and oxygen atoms in total. The van der Waals surface area contributed by atoms with E-state index in [-0.39, 0.29) is 25.0 Å². The van der Waals surface area contributed by atoms with E-state index in [1.54, 1.807) is 0 Å². The van der Waals surface area contributed by atoms with E-state index >= 15 is 0 Å². The van der Waals surface area contributed by atoms with E-state index in [4.69, 9.17) is 9.84 Å². The Hall–Kier alpha value is -2.18. The lowest BCUT2D eigenvalue weighted by Crippen LogP contribution is -2.26. The van der Waals surface area contributed by atoms with Gasteiger partial charge in [0.1, 0.15) is 0 Å². The summed E-state index contributed by atoms with van der Waals surface area (Å²) in [6, 6.07) is 1.56. The summed E-state index contributed by atoms with van der Waals surface area (Å²) in [5, 5.41) is 11.3. The zero-order chi connectivity index (χ0) is 14.7. The van der Waals surface area contributed by atoms with Gasteiger partial charge in [0, 0.05) is 6.04 Å². The molecular weight excluding hydrogens is 272 g/mol. The number of hydrogen-bond acceptors (Lipinski definition) is 3. The molecule has 0 unspecified atom stereocenters. The van der Waals surface area contributed by atoms with Crippen LogP contribution in [-0.2, 0) is 4.79 Å². The summed E-state index contributed by atoms with van der Waals surface area (Å²) in [7, 11) is 0. The standard InChI is InChI=1S/C13H13F2NO4/c14-9-5-7(13(18)19)6-10(15)12(9)20-4-3-11(17)16-8-1-2-8/h5-6,8H,1-4H2,(H,16,17)(H,18,19). The van der Waals surface area contributed by atoms with E-state index in [9.17, 15) is 18.4 Å². The van der Waals surface area contributed by atoms with Crippen molar-refractivity contribution in [2.45, 2.75) is 25.3 Å². The molecule has 1 aliphatic carbocycles. The number of amides is 1. The van der Waals surface area contributed by atoms with Crippen LogP contribution in [0.5, 0.6) is 5.75 Å². The molecule has 108 valence electrons. The number of benzene rings is 1. The molecule has 0 aromatic heterocycles. The second-order valence-corrected chi connectivity index (χ2v) is 4.51. The largest absolute Gasteiger partial charge is 0.487 e. The van der Waals surface area contributed by atoms with Crippen molar-refractivity contribution in [3.8, 4) is 5.75 Å². The van der Waals surface area contributed by atoms with Crippen molar-refractivity contribution in [3.63, 3.8) is 0 Å². The van der Waals surface area contributed by atoms with Crippen molar-refractivity contribution in [2.75, 3.05) is 6.61 Å². The predicted molar refractivity (Wildman–Crippen MR) is 64.6 cm³/mol. The van der Waals surface area contributed by atoms with Gasteiger partial charge in [0.15, 0.2) is 17.4 Å². The fourth-order valence-corrected chi connectivity index (χ4v) is 1.59. The summed E-state index contributed by atoms with van der Waals surface area (Å²) in [6.07, 6.45) is 1.88.